The van der Waals surface area contributed by atoms with Gasteiger partial charge in [-0.15, -0.1) is 0 Å². The van der Waals surface area contributed by atoms with E-state index in [9.17, 15) is 14.7 Å². The van der Waals surface area contributed by atoms with Gasteiger partial charge in [0.2, 0.25) is 0 Å². The largest absolute Gasteiger partial charge is 0.463 e. The summed E-state index contributed by atoms with van der Waals surface area (Å²) >= 11 is 0. The molecule has 0 aromatic carbocycles. The van der Waals surface area contributed by atoms with E-state index in [0.29, 0.717) is 12.8 Å². The van der Waals surface area contributed by atoms with Crippen LogP contribution in [0, 0.1) is 17.3 Å². The zero-order chi connectivity index (χ0) is 36.8. The molecule has 2 saturated heterocycles. The zero-order valence-electron chi connectivity index (χ0n) is 32.4. The maximum absolute atomic E-state index is 14.3. The standard InChI is InChI=1S/C38H65N5O7/c1-11-15-43-21-25(2)19-38(7,47-10)34(50-35-32(44)31(41(8)9)18-26(3)49-35)27(4)33(45)37(5,6)36(46)48-23-29(43)13-12-16-42-17-14-30-28(22-42)20-39-24-40-30/h20,24-27,29,31-32,34-35,44H,11-19,21-23H2,1-10H3/t25-,26-,27+,29-,31+,32-,34-,35+,38-/m1/s1. The Morgan fingerprint density at radius 1 is 1.14 bits per heavy atom. The molecule has 3 aliphatic rings. The number of methoxy groups -OCH3 is 1. The van der Waals surface area contributed by atoms with Gasteiger partial charge in [-0.05, 0) is 92.9 Å². The van der Waals surface area contributed by atoms with Gasteiger partial charge in [0.1, 0.15) is 24.5 Å². The highest BCUT2D eigenvalue weighted by molar-refractivity contribution is 6.04. The first-order chi connectivity index (χ1) is 23.6. The Morgan fingerprint density at radius 3 is 2.56 bits per heavy atom. The van der Waals surface area contributed by atoms with Crippen LogP contribution < -0.4 is 0 Å². The number of likely N-dealkylation sites (N-methyl/N-ethyl adjacent to an activating group) is 1. The Hall–Kier alpha value is -2.06. The van der Waals surface area contributed by atoms with Crippen LogP contribution in [-0.4, -0.2) is 138 Å². The van der Waals surface area contributed by atoms with Crippen molar-refractivity contribution in [3.05, 3.63) is 23.8 Å². The number of aliphatic hydroxyl groups is 1. The monoisotopic (exact) mass is 703 g/mol. The Labute approximate surface area is 300 Å². The van der Waals surface area contributed by atoms with Crippen molar-refractivity contribution >= 4 is 11.8 Å². The minimum absolute atomic E-state index is 0.00178. The molecule has 0 radical (unpaired) electrons. The molecule has 284 valence electrons. The number of esters is 1. The van der Waals surface area contributed by atoms with Crippen molar-refractivity contribution in [2.75, 3.05) is 54.0 Å². The number of hydrogen-bond donors (Lipinski definition) is 1. The maximum Gasteiger partial charge on any atom is 0.319 e. The second-order valence-electron chi connectivity index (χ2n) is 16.1. The van der Waals surface area contributed by atoms with Crippen molar-refractivity contribution < 1.29 is 33.6 Å². The molecule has 0 unspecified atom stereocenters. The fourth-order valence-corrected chi connectivity index (χ4v) is 8.37. The van der Waals surface area contributed by atoms with E-state index >= 15 is 0 Å². The number of rotatable bonds is 10. The fraction of sp³-hybridized carbons (Fsp3) is 0.842. The molecule has 12 heteroatoms. The fourth-order valence-electron chi connectivity index (χ4n) is 8.37. The van der Waals surface area contributed by atoms with E-state index in [1.807, 2.05) is 39.0 Å². The molecule has 0 aliphatic carbocycles. The minimum atomic E-state index is -1.43. The number of carbonyl (C=O) groups is 2. The van der Waals surface area contributed by atoms with Gasteiger partial charge in [-0.25, -0.2) is 9.97 Å². The van der Waals surface area contributed by atoms with Crippen molar-refractivity contribution in [1.82, 2.24) is 24.7 Å². The number of fused-ring (bicyclic) bond motifs is 1. The number of Topliss-reactive ketones (excluding diaryl/α,β-unsaturated/α-hetero) is 1. The number of aliphatic hydroxyl groups excluding tert-OH is 1. The number of nitrogens with zero attached hydrogens (tertiary/aromatic N) is 5. The van der Waals surface area contributed by atoms with Crippen LogP contribution in [0.4, 0.5) is 0 Å². The quantitative estimate of drug-likeness (QED) is 0.282. The number of carbonyl (C=O) groups excluding carboxylic acids is 2. The van der Waals surface area contributed by atoms with Gasteiger partial charge in [-0.3, -0.25) is 19.4 Å². The smallest absolute Gasteiger partial charge is 0.319 e. The van der Waals surface area contributed by atoms with Gasteiger partial charge in [0.05, 0.1) is 17.8 Å². The number of aromatic nitrogens is 2. The van der Waals surface area contributed by atoms with Gasteiger partial charge >= 0.3 is 5.97 Å². The van der Waals surface area contributed by atoms with E-state index in [-0.39, 0.29) is 36.5 Å². The average Bonchev–Trinajstić information content (AvgIpc) is 3.08. The van der Waals surface area contributed by atoms with Crippen LogP contribution in [0.25, 0.3) is 0 Å². The SMILES string of the molecule is CCCN1C[C@H](C)C[C@@](C)(OC)[C@H](O[C@@H]2O[C@H](C)C[C@H](N(C)C)[C@H]2O)[C@@H](C)C(=O)C(C)(C)C(=O)OC[C@H]1CCCN1CCc2ncncc2C1. The number of ether oxygens (including phenoxy) is 4. The number of ketones is 1. The van der Waals surface area contributed by atoms with Crippen LogP contribution in [0.3, 0.4) is 0 Å². The molecule has 4 heterocycles. The van der Waals surface area contributed by atoms with E-state index in [2.05, 4.69) is 33.6 Å². The Morgan fingerprint density at radius 2 is 1.88 bits per heavy atom. The molecule has 1 aromatic heterocycles. The molecule has 0 saturated carbocycles. The third-order valence-corrected chi connectivity index (χ3v) is 11.3. The van der Waals surface area contributed by atoms with Gasteiger partial charge in [-0.1, -0.05) is 20.8 Å². The van der Waals surface area contributed by atoms with Crippen LogP contribution in [0.2, 0.25) is 0 Å². The summed E-state index contributed by atoms with van der Waals surface area (Å²) in [6.45, 7) is 18.0. The lowest BCUT2D eigenvalue weighted by Gasteiger charge is -2.47. The molecule has 1 N–H and O–H groups in total. The van der Waals surface area contributed by atoms with Crippen LogP contribution in [-0.2, 0) is 41.5 Å². The van der Waals surface area contributed by atoms with Gasteiger partial charge in [0, 0.05) is 68.6 Å². The molecule has 12 nitrogen and oxygen atoms in total. The molecule has 3 aliphatic heterocycles. The van der Waals surface area contributed by atoms with Crippen LogP contribution in [0.5, 0.6) is 0 Å². The highest BCUT2D eigenvalue weighted by Crippen LogP contribution is 2.38. The summed E-state index contributed by atoms with van der Waals surface area (Å²) in [6, 6.07) is -0.176. The normalized spacial score (nSPS) is 35.1. The van der Waals surface area contributed by atoms with E-state index in [1.54, 1.807) is 34.2 Å². The first-order valence-electron chi connectivity index (χ1n) is 18.8. The van der Waals surface area contributed by atoms with Gasteiger partial charge in [-0.2, -0.15) is 0 Å². The van der Waals surface area contributed by atoms with Crippen molar-refractivity contribution in [2.24, 2.45) is 17.3 Å². The first kappa shape index (κ1) is 40.7. The third kappa shape index (κ3) is 9.67. The molecule has 0 amide bonds. The number of cyclic esters (lactones) is 1. The lowest BCUT2D eigenvalue weighted by Crippen LogP contribution is -2.59. The van der Waals surface area contributed by atoms with Crippen LogP contribution >= 0.6 is 0 Å². The summed E-state index contributed by atoms with van der Waals surface area (Å²) in [6.07, 6.45) is 5.61. The molecule has 0 spiro atoms. The molecular weight excluding hydrogens is 638 g/mol. The first-order valence-corrected chi connectivity index (χ1v) is 18.8. The summed E-state index contributed by atoms with van der Waals surface area (Å²) in [5, 5.41) is 11.4. The molecule has 1 aromatic rings. The summed E-state index contributed by atoms with van der Waals surface area (Å²) in [5.41, 5.74) is -0.0259. The van der Waals surface area contributed by atoms with E-state index in [1.165, 1.54) is 5.56 Å². The highest BCUT2D eigenvalue weighted by Gasteiger charge is 2.51. The maximum atomic E-state index is 14.3. The second kappa shape index (κ2) is 17.6. The van der Waals surface area contributed by atoms with E-state index in [0.717, 1.165) is 64.1 Å². The predicted octanol–water partition coefficient (Wildman–Crippen LogP) is 3.73. The zero-order valence-corrected chi connectivity index (χ0v) is 32.4. The van der Waals surface area contributed by atoms with Gasteiger partial charge < -0.3 is 29.0 Å². The van der Waals surface area contributed by atoms with Gasteiger partial charge in [0.15, 0.2) is 12.1 Å². The van der Waals surface area contributed by atoms with Crippen molar-refractivity contribution in [1.29, 1.82) is 0 Å². The molecule has 9 atom stereocenters. The van der Waals surface area contributed by atoms with Crippen molar-refractivity contribution in [2.45, 2.75) is 136 Å². The van der Waals surface area contributed by atoms with Crippen molar-refractivity contribution in [3.8, 4) is 0 Å². The molecule has 50 heavy (non-hydrogen) atoms. The number of hydrogen-bond acceptors (Lipinski definition) is 12. The Balaban J connectivity index is 1.58. The topological polar surface area (TPSA) is 127 Å². The highest BCUT2D eigenvalue weighted by atomic mass is 16.7. The Kier molecular flexibility index (Phi) is 14.4. The molecular formula is C38H65N5O7. The lowest BCUT2D eigenvalue weighted by atomic mass is 9.74. The van der Waals surface area contributed by atoms with E-state index in [4.69, 9.17) is 18.9 Å². The van der Waals surface area contributed by atoms with E-state index < -0.39 is 41.4 Å². The summed E-state index contributed by atoms with van der Waals surface area (Å²) < 4.78 is 25.2. The summed E-state index contributed by atoms with van der Waals surface area (Å²) in [5.74, 6) is -1.44. The molecule has 0 bridgehead atoms. The third-order valence-electron chi connectivity index (χ3n) is 11.3. The predicted molar refractivity (Wildman–Crippen MR) is 191 cm³/mol. The lowest BCUT2D eigenvalue weighted by molar-refractivity contribution is -0.295. The van der Waals surface area contributed by atoms with Crippen molar-refractivity contribution in [3.63, 3.8) is 0 Å². The molecule has 2 fully saturated rings. The molecule has 4 rings (SSSR count). The summed E-state index contributed by atoms with van der Waals surface area (Å²) in [7, 11) is 5.51. The minimum Gasteiger partial charge on any atom is -0.463 e. The average molecular weight is 704 g/mol. The Bertz CT molecular complexity index is 1270. The van der Waals surface area contributed by atoms with Crippen LogP contribution in [0.15, 0.2) is 12.5 Å². The van der Waals surface area contributed by atoms with Crippen LogP contribution in [0.1, 0.15) is 91.8 Å². The second-order valence-corrected chi connectivity index (χ2v) is 16.1. The van der Waals surface area contributed by atoms with Gasteiger partial charge in [0.25, 0.3) is 0 Å². The summed E-state index contributed by atoms with van der Waals surface area (Å²) in [4.78, 5) is 43.7.